The summed E-state index contributed by atoms with van der Waals surface area (Å²) in [4.78, 5) is 25.7. The number of nitrogens with two attached hydrogens (primary N) is 1. The molecule has 1 aromatic heterocycles. The number of amides is 2. The van der Waals surface area contributed by atoms with Crippen LogP contribution in [-0.4, -0.2) is 28.0 Å². The summed E-state index contributed by atoms with van der Waals surface area (Å²) >= 11 is 6.27. The number of nitrogens with one attached hydrogen (secondary N) is 1. The van der Waals surface area contributed by atoms with Gasteiger partial charge in [-0.3, -0.25) is 14.3 Å². The number of alkyl halides is 5. The Balaban J connectivity index is 1.97. The Hall–Kier alpha value is -4.64. The SMILES string of the molecule is N#Cc1nn(CC(F)F)c2cc(-c3c(F)cc(C(F)(F)F)cc3C(N)=O)c3c(c12)C(=O)NC3c1cc(F)ccc1Cl. The van der Waals surface area contributed by atoms with Gasteiger partial charge in [-0.05, 0) is 42.0 Å². The number of rotatable bonds is 5. The third kappa shape index (κ3) is 4.61. The van der Waals surface area contributed by atoms with Crippen LogP contribution < -0.4 is 11.1 Å². The minimum absolute atomic E-state index is 0.0641. The standard InChI is InChI=1S/C26H13ClF7N5O2/c27-14-2-1-10(28)5-11(14)23-20-12(19-13(24(36)40)3-9(4-15(19)29)26(32,33)34)6-17-21(22(20)25(41)37-23)16(7-35)38-39(17)8-18(30)31/h1-6,18,23H,8H2,(H2,36,40)(H,37,41). The molecule has 5 rings (SSSR count). The normalized spacial score (nSPS) is 14.8. The maximum atomic E-state index is 15.6. The quantitative estimate of drug-likeness (QED) is 0.287. The molecular formula is C26H13ClF7N5O2. The van der Waals surface area contributed by atoms with Crippen molar-refractivity contribution in [2.24, 2.45) is 5.73 Å². The molecule has 2 amide bonds. The Morgan fingerprint density at radius 3 is 2.49 bits per heavy atom. The van der Waals surface area contributed by atoms with Gasteiger partial charge in [-0.1, -0.05) is 11.6 Å². The van der Waals surface area contributed by atoms with Gasteiger partial charge < -0.3 is 11.1 Å². The lowest BCUT2D eigenvalue weighted by Crippen LogP contribution is -2.21. The van der Waals surface area contributed by atoms with E-state index in [1.807, 2.05) is 0 Å². The summed E-state index contributed by atoms with van der Waals surface area (Å²) < 4.78 is 97.7. The number of nitriles is 1. The van der Waals surface area contributed by atoms with Gasteiger partial charge in [0, 0.05) is 21.7 Å². The Morgan fingerprint density at radius 1 is 1.17 bits per heavy atom. The first-order chi connectivity index (χ1) is 19.2. The highest BCUT2D eigenvalue weighted by Gasteiger charge is 2.40. The van der Waals surface area contributed by atoms with Crippen molar-refractivity contribution in [2.75, 3.05) is 0 Å². The number of fused-ring (bicyclic) bond motifs is 3. The summed E-state index contributed by atoms with van der Waals surface area (Å²) in [7, 11) is 0. The zero-order valence-electron chi connectivity index (χ0n) is 20.1. The number of benzene rings is 3. The highest BCUT2D eigenvalue weighted by Crippen LogP contribution is 2.47. The van der Waals surface area contributed by atoms with Gasteiger partial charge in [0.15, 0.2) is 5.69 Å². The van der Waals surface area contributed by atoms with E-state index in [0.717, 1.165) is 24.3 Å². The maximum absolute atomic E-state index is 15.6. The summed E-state index contributed by atoms with van der Waals surface area (Å²) in [5.41, 5.74) is 0.234. The smallest absolute Gasteiger partial charge is 0.366 e. The molecule has 41 heavy (non-hydrogen) atoms. The van der Waals surface area contributed by atoms with E-state index in [1.165, 1.54) is 0 Å². The molecule has 4 aromatic rings. The number of hydrogen-bond donors (Lipinski definition) is 2. The average molecular weight is 596 g/mol. The van der Waals surface area contributed by atoms with Crippen LogP contribution in [0.4, 0.5) is 30.7 Å². The molecule has 3 aromatic carbocycles. The second-order valence-electron chi connectivity index (χ2n) is 8.96. The molecule has 1 unspecified atom stereocenters. The summed E-state index contributed by atoms with van der Waals surface area (Å²) in [6.07, 6.45) is -8.08. The van der Waals surface area contributed by atoms with Gasteiger partial charge in [0.25, 0.3) is 12.3 Å². The molecule has 0 spiro atoms. The molecule has 1 aliphatic rings. The molecule has 1 aliphatic heterocycles. The minimum atomic E-state index is -5.08. The molecule has 0 aliphatic carbocycles. The van der Waals surface area contributed by atoms with Crippen molar-refractivity contribution in [3.8, 4) is 17.2 Å². The fourth-order valence-electron chi connectivity index (χ4n) is 4.93. The van der Waals surface area contributed by atoms with Crippen molar-refractivity contribution in [2.45, 2.75) is 25.2 Å². The van der Waals surface area contributed by atoms with Crippen LogP contribution in [0.5, 0.6) is 0 Å². The fourth-order valence-corrected chi connectivity index (χ4v) is 5.15. The van der Waals surface area contributed by atoms with E-state index in [9.17, 15) is 41.2 Å². The fraction of sp³-hybridized carbons (Fsp3) is 0.154. The molecule has 7 nitrogen and oxygen atoms in total. The molecule has 210 valence electrons. The van der Waals surface area contributed by atoms with Crippen LogP contribution in [0.15, 0.2) is 36.4 Å². The first kappa shape index (κ1) is 27.9. The molecule has 2 heterocycles. The number of nitrogens with zero attached hydrogens (tertiary/aromatic N) is 3. The average Bonchev–Trinajstić information content (AvgIpc) is 3.40. The Morgan fingerprint density at radius 2 is 1.88 bits per heavy atom. The van der Waals surface area contributed by atoms with Gasteiger partial charge in [0.05, 0.1) is 33.6 Å². The molecule has 0 saturated heterocycles. The maximum Gasteiger partial charge on any atom is 0.416 e. The van der Waals surface area contributed by atoms with E-state index in [1.54, 1.807) is 6.07 Å². The van der Waals surface area contributed by atoms with E-state index in [-0.39, 0.29) is 38.7 Å². The number of hydrogen-bond acceptors (Lipinski definition) is 4. The van der Waals surface area contributed by atoms with Crippen molar-refractivity contribution < 1.29 is 40.3 Å². The lowest BCUT2D eigenvalue weighted by molar-refractivity contribution is -0.137. The van der Waals surface area contributed by atoms with Crippen LogP contribution in [0.2, 0.25) is 5.02 Å². The van der Waals surface area contributed by atoms with Crippen LogP contribution in [0.25, 0.3) is 22.0 Å². The van der Waals surface area contributed by atoms with Crippen LogP contribution >= 0.6 is 11.6 Å². The summed E-state index contributed by atoms with van der Waals surface area (Å²) in [5.74, 6) is -4.79. The van der Waals surface area contributed by atoms with Crippen LogP contribution in [-0.2, 0) is 12.7 Å². The van der Waals surface area contributed by atoms with Gasteiger partial charge in [0.1, 0.15) is 24.2 Å². The van der Waals surface area contributed by atoms with E-state index in [0.29, 0.717) is 10.7 Å². The zero-order chi connectivity index (χ0) is 30.0. The third-order valence-electron chi connectivity index (χ3n) is 6.51. The lowest BCUT2D eigenvalue weighted by atomic mass is 9.85. The Kier molecular flexibility index (Phi) is 6.65. The molecule has 0 radical (unpaired) electrons. The van der Waals surface area contributed by atoms with E-state index >= 15 is 4.39 Å². The number of carbonyl (C=O) groups excluding carboxylic acids is 2. The van der Waals surface area contributed by atoms with Gasteiger partial charge in [-0.2, -0.15) is 23.5 Å². The van der Waals surface area contributed by atoms with E-state index < -0.39 is 76.6 Å². The second-order valence-corrected chi connectivity index (χ2v) is 9.36. The van der Waals surface area contributed by atoms with Crippen molar-refractivity contribution in [1.82, 2.24) is 15.1 Å². The van der Waals surface area contributed by atoms with Crippen molar-refractivity contribution in [1.29, 1.82) is 5.26 Å². The van der Waals surface area contributed by atoms with Crippen molar-refractivity contribution in [3.63, 3.8) is 0 Å². The number of aromatic nitrogens is 2. The summed E-state index contributed by atoms with van der Waals surface area (Å²) in [6, 6.07) is 4.84. The highest BCUT2D eigenvalue weighted by atomic mass is 35.5. The topological polar surface area (TPSA) is 114 Å². The Labute approximate surface area is 229 Å². The predicted octanol–water partition coefficient (Wildman–Crippen LogP) is 5.72. The van der Waals surface area contributed by atoms with Gasteiger partial charge >= 0.3 is 6.18 Å². The van der Waals surface area contributed by atoms with Crippen molar-refractivity contribution >= 4 is 34.3 Å². The van der Waals surface area contributed by atoms with Crippen LogP contribution in [0, 0.1) is 23.0 Å². The second kappa shape index (κ2) is 9.77. The van der Waals surface area contributed by atoms with Crippen LogP contribution in [0.1, 0.15) is 49.1 Å². The molecule has 3 N–H and O–H groups in total. The third-order valence-corrected chi connectivity index (χ3v) is 6.86. The number of primary amides is 1. The van der Waals surface area contributed by atoms with Gasteiger partial charge in [-0.25, -0.2) is 17.6 Å². The molecule has 15 heteroatoms. The number of halogens is 8. The molecule has 0 fully saturated rings. The molecule has 0 saturated carbocycles. The van der Waals surface area contributed by atoms with E-state index in [2.05, 4.69) is 10.4 Å². The highest BCUT2D eigenvalue weighted by molar-refractivity contribution is 6.31. The predicted molar refractivity (Wildman–Crippen MR) is 130 cm³/mol. The van der Waals surface area contributed by atoms with Crippen molar-refractivity contribution in [3.05, 3.63) is 86.6 Å². The first-order valence-corrected chi connectivity index (χ1v) is 11.8. The zero-order valence-corrected chi connectivity index (χ0v) is 20.8. The van der Waals surface area contributed by atoms with Crippen LogP contribution in [0.3, 0.4) is 0 Å². The monoisotopic (exact) mass is 595 g/mol. The molecular weight excluding hydrogens is 583 g/mol. The van der Waals surface area contributed by atoms with E-state index in [4.69, 9.17) is 17.3 Å². The largest absolute Gasteiger partial charge is 0.416 e. The molecule has 0 bridgehead atoms. The summed E-state index contributed by atoms with van der Waals surface area (Å²) in [6.45, 7) is -1.07. The van der Waals surface area contributed by atoms with Gasteiger partial charge in [0.2, 0.25) is 5.91 Å². The lowest BCUT2D eigenvalue weighted by Gasteiger charge is -2.20. The number of carbonyl (C=O) groups is 2. The summed E-state index contributed by atoms with van der Waals surface area (Å²) in [5, 5.41) is 15.7. The molecule has 1 atom stereocenters. The Bertz CT molecular complexity index is 1830. The minimum Gasteiger partial charge on any atom is -0.366 e. The van der Waals surface area contributed by atoms with Gasteiger partial charge in [-0.15, -0.1) is 0 Å². The first-order valence-electron chi connectivity index (χ1n) is 11.4.